The second-order valence-corrected chi connectivity index (χ2v) is 8.94. The van der Waals surface area contributed by atoms with Gasteiger partial charge in [-0.25, -0.2) is 14.8 Å². The van der Waals surface area contributed by atoms with Crippen LogP contribution in [0.1, 0.15) is 29.6 Å². The van der Waals surface area contributed by atoms with Gasteiger partial charge in [-0.1, -0.05) is 30.7 Å². The number of hydrogen-bond acceptors (Lipinski definition) is 6. The van der Waals surface area contributed by atoms with E-state index in [1.54, 1.807) is 28.9 Å². The third kappa shape index (κ3) is 4.66. The third-order valence-corrected chi connectivity index (χ3v) is 6.36. The maximum absolute atomic E-state index is 13.2. The molecular weight excluding hydrogens is 468 g/mol. The van der Waals surface area contributed by atoms with Crippen LogP contribution in [0.4, 0.5) is 4.79 Å². The first-order valence-corrected chi connectivity index (χ1v) is 12.0. The van der Waals surface area contributed by atoms with Crippen molar-refractivity contribution in [1.29, 1.82) is 0 Å². The fourth-order valence-electron chi connectivity index (χ4n) is 4.22. The number of piperazine rings is 1. The van der Waals surface area contributed by atoms with Crippen LogP contribution in [0.25, 0.3) is 33.3 Å². The van der Waals surface area contributed by atoms with Crippen molar-refractivity contribution in [3.05, 3.63) is 58.9 Å². The molecule has 0 aliphatic carbocycles. The van der Waals surface area contributed by atoms with Crippen molar-refractivity contribution in [3.63, 3.8) is 0 Å². The van der Waals surface area contributed by atoms with Gasteiger partial charge in [0.1, 0.15) is 5.52 Å². The fraction of sp³-hybridized carbons (Fsp3) is 0.308. The summed E-state index contributed by atoms with van der Waals surface area (Å²) in [4.78, 5) is 37.8. The number of benzene rings is 2. The van der Waals surface area contributed by atoms with E-state index in [1.165, 1.54) is 0 Å². The van der Waals surface area contributed by atoms with Gasteiger partial charge in [-0.05, 0) is 36.8 Å². The first-order chi connectivity index (χ1) is 16.9. The van der Waals surface area contributed by atoms with Gasteiger partial charge < -0.3 is 19.0 Å². The van der Waals surface area contributed by atoms with Gasteiger partial charge in [-0.3, -0.25) is 4.79 Å². The summed E-state index contributed by atoms with van der Waals surface area (Å²) in [7, 11) is 0. The van der Waals surface area contributed by atoms with E-state index in [0.29, 0.717) is 66.1 Å². The Kier molecular flexibility index (Phi) is 6.30. The number of nitrogens with zero attached hydrogens (tertiary/aromatic N) is 4. The molecule has 0 bridgehead atoms. The normalized spacial score (nSPS) is 14.0. The van der Waals surface area contributed by atoms with E-state index in [2.05, 4.69) is 4.98 Å². The topological polar surface area (TPSA) is 88.8 Å². The van der Waals surface area contributed by atoms with Gasteiger partial charge in [-0.2, -0.15) is 0 Å². The Morgan fingerprint density at radius 3 is 2.54 bits per heavy atom. The van der Waals surface area contributed by atoms with Crippen LogP contribution in [0.2, 0.25) is 5.02 Å². The van der Waals surface area contributed by atoms with Crippen molar-refractivity contribution < 1.29 is 18.7 Å². The van der Waals surface area contributed by atoms with Crippen LogP contribution < -0.4 is 0 Å². The molecule has 0 atom stereocenters. The van der Waals surface area contributed by atoms with E-state index < -0.39 is 0 Å². The Labute approximate surface area is 207 Å². The smallest absolute Gasteiger partial charge is 0.409 e. The molecular formula is C26H25ClN4O4. The van der Waals surface area contributed by atoms with Crippen molar-refractivity contribution in [2.45, 2.75) is 20.3 Å². The summed E-state index contributed by atoms with van der Waals surface area (Å²) in [6.45, 7) is 5.94. The minimum Gasteiger partial charge on any atom is -0.449 e. The van der Waals surface area contributed by atoms with Crippen LogP contribution in [0.15, 0.2) is 46.9 Å². The average Bonchev–Trinajstić information content (AvgIpc) is 3.25. The maximum atomic E-state index is 13.2. The van der Waals surface area contributed by atoms with E-state index in [-0.39, 0.29) is 12.0 Å². The lowest BCUT2D eigenvalue weighted by molar-refractivity contribution is 0.0560. The summed E-state index contributed by atoms with van der Waals surface area (Å²) in [5, 5.41) is 1.32. The average molecular weight is 493 g/mol. The molecule has 180 valence electrons. The van der Waals surface area contributed by atoms with Crippen molar-refractivity contribution in [3.8, 4) is 11.3 Å². The molecule has 4 aromatic rings. The Hall–Kier alpha value is -3.65. The van der Waals surface area contributed by atoms with Crippen LogP contribution in [-0.4, -0.2) is 64.6 Å². The Morgan fingerprint density at radius 1 is 1.00 bits per heavy atom. The highest BCUT2D eigenvalue weighted by Gasteiger charge is 2.26. The van der Waals surface area contributed by atoms with Crippen molar-refractivity contribution in [2.75, 3.05) is 32.8 Å². The lowest BCUT2D eigenvalue weighted by atomic mass is 10.1. The van der Waals surface area contributed by atoms with E-state index in [1.807, 2.05) is 37.3 Å². The number of ether oxygens (including phenoxy) is 1. The molecule has 1 aliphatic heterocycles. The quantitative estimate of drug-likeness (QED) is 0.383. The number of pyridine rings is 1. The second-order valence-electron chi connectivity index (χ2n) is 8.53. The molecule has 9 heteroatoms. The minimum absolute atomic E-state index is 0.102. The number of oxazole rings is 1. The molecule has 0 spiro atoms. The zero-order valence-corrected chi connectivity index (χ0v) is 20.3. The van der Waals surface area contributed by atoms with Crippen LogP contribution in [0.3, 0.4) is 0 Å². The molecule has 2 amide bonds. The molecule has 5 rings (SSSR count). The SMILES string of the molecule is CCCOC(=O)N1CCN(C(=O)c2ccc3c(Cl)cc(-c4ccc5nc(C)oc5c4)nc3c2)CC1. The Bertz CT molecular complexity index is 1430. The van der Waals surface area contributed by atoms with Crippen LogP contribution in [0, 0.1) is 6.92 Å². The molecule has 0 radical (unpaired) electrons. The first kappa shape index (κ1) is 23.1. The van der Waals surface area contributed by atoms with E-state index in [0.717, 1.165) is 22.9 Å². The predicted molar refractivity (Wildman–Crippen MR) is 134 cm³/mol. The van der Waals surface area contributed by atoms with Crippen molar-refractivity contribution >= 4 is 45.6 Å². The monoisotopic (exact) mass is 492 g/mol. The summed E-state index contributed by atoms with van der Waals surface area (Å²) in [6, 6.07) is 12.9. The number of aromatic nitrogens is 2. The summed E-state index contributed by atoms with van der Waals surface area (Å²) in [5.41, 5.74) is 4.16. The van der Waals surface area contributed by atoms with Gasteiger partial charge in [0, 0.05) is 49.6 Å². The lowest BCUT2D eigenvalue weighted by Gasteiger charge is -2.34. The Balaban J connectivity index is 1.37. The Morgan fingerprint density at radius 2 is 1.77 bits per heavy atom. The van der Waals surface area contributed by atoms with E-state index in [4.69, 9.17) is 25.7 Å². The van der Waals surface area contributed by atoms with E-state index >= 15 is 0 Å². The molecule has 0 saturated carbocycles. The van der Waals surface area contributed by atoms with Crippen LogP contribution >= 0.6 is 11.6 Å². The molecule has 2 aromatic carbocycles. The number of carbonyl (C=O) groups excluding carboxylic acids is 2. The van der Waals surface area contributed by atoms with Crippen molar-refractivity contribution in [2.24, 2.45) is 0 Å². The molecule has 1 saturated heterocycles. The predicted octanol–water partition coefficient (Wildman–Crippen LogP) is 5.31. The number of halogens is 1. The number of hydrogen-bond donors (Lipinski definition) is 0. The maximum Gasteiger partial charge on any atom is 0.409 e. The molecule has 0 N–H and O–H groups in total. The fourth-order valence-corrected chi connectivity index (χ4v) is 4.48. The summed E-state index contributed by atoms with van der Waals surface area (Å²) < 4.78 is 10.8. The zero-order chi connectivity index (χ0) is 24.5. The van der Waals surface area contributed by atoms with Gasteiger partial charge in [-0.15, -0.1) is 0 Å². The molecule has 3 heterocycles. The highest BCUT2D eigenvalue weighted by Crippen LogP contribution is 2.30. The molecule has 8 nitrogen and oxygen atoms in total. The van der Waals surface area contributed by atoms with Gasteiger partial charge in [0.05, 0.1) is 22.8 Å². The summed E-state index contributed by atoms with van der Waals surface area (Å²) >= 11 is 6.58. The van der Waals surface area contributed by atoms with E-state index in [9.17, 15) is 9.59 Å². The molecule has 35 heavy (non-hydrogen) atoms. The largest absolute Gasteiger partial charge is 0.449 e. The summed E-state index contributed by atoms with van der Waals surface area (Å²) in [6.07, 6.45) is 0.454. The number of amides is 2. The molecule has 1 fully saturated rings. The van der Waals surface area contributed by atoms with Gasteiger partial charge in [0.2, 0.25) is 0 Å². The third-order valence-electron chi connectivity index (χ3n) is 6.05. The van der Waals surface area contributed by atoms with Gasteiger partial charge in [0.15, 0.2) is 11.5 Å². The van der Waals surface area contributed by atoms with Gasteiger partial charge >= 0.3 is 6.09 Å². The van der Waals surface area contributed by atoms with Crippen LogP contribution in [0.5, 0.6) is 0 Å². The summed E-state index contributed by atoms with van der Waals surface area (Å²) in [5.74, 6) is 0.499. The second kappa shape index (κ2) is 9.54. The highest BCUT2D eigenvalue weighted by molar-refractivity contribution is 6.35. The first-order valence-electron chi connectivity index (χ1n) is 11.6. The number of rotatable bonds is 4. The minimum atomic E-state index is -0.324. The number of carbonyl (C=O) groups is 2. The molecule has 0 unspecified atom stereocenters. The molecule has 2 aromatic heterocycles. The molecule has 1 aliphatic rings. The van der Waals surface area contributed by atoms with Gasteiger partial charge in [0.25, 0.3) is 5.91 Å². The standard InChI is InChI=1S/C26H25ClN4O4/c1-3-12-34-26(33)31-10-8-30(9-11-31)25(32)18-4-6-19-20(27)15-22(29-23(19)13-18)17-5-7-21-24(14-17)35-16(2)28-21/h4-7,13-15H,3,8-12H2,1-2H3. The lowest BCUT2D eigenvalue weighted by Crippen LogP contribution is -2.50. The van der Waals surface area contributed by atoms with Crippen molar-refractivity contribution in [1.82, 2.24) is 19.8 Å². The number of fused-ring (bicyclic) bond motifs is 2. The highest BCUT2D eigenvalue weighted by atomic mass is 35.5. The van der Waals surface area contributed by atoms with Crippen LogP contribution in [-0.2, 0) is 4.74 Å². The zero-order valence-electron chi connectivity index (χ0n) is 19.6. The number of aryl methyl sites for hydroxylation is 1.